The van der Waals surface area contributed by atoms with Crippen LogP contribution in [0.25, 0.3) is 0 Å². The molecular formula is C34H47F3N4O6S. The lowest BCUT2D eigenvalue weighted by Crippen LogP contribution is -2.73. The average molecular weight is 697 g/mol. The highest BCUT2D eigenvalue weighted by Crippen LogP contribution is 2.49. The second-order valence-electron chi connectivity index (χ2n) is 14.1. The molecule has 266 valence electrons. The minimum Gasteiger partial charge on any atom is -0.457 e. The number of hydrogen-bond acceptors (Lipinski definition) is 8. The van der Waals surface area contributed by atoms with Crippen LogP contribution in [-0.4, -0.2) is 101 Å². The molecule has 1 atom stereocenters. The third kappa shape index (κ3) is 8.27. The number of halogens is 3. The molecule has 1 unspecified atom stereocenters. The summed E-state index contributed by atoms with van der Waals surface area (Å²) in [5.41, 5.74) is -1.79. The zero-order chi connectivity index (χ0) is 35.5. The van der Waals surface area contributed by atoms with Gasteiger partial charge in [0.15, 0.2) is 0 Å². The lowest BCUT2D eigenvalue weighted by molar-refractivity contribution is -0.274. The molecule has 3 aliphatic heterocycles. The first-order valence-electron chi connectivity index (χ1n) is 15.9. The molecular weight excluding hydrogens is 649 g/mol. The first-order valence-corrected chi connectivity index (χ1v) is 18.8. The van der Waals surface area contributed by atoms with Crippen molar-refractivity contribution in [3.05, 3.63) is 54.1 Å². The molecule has 0 bridgehead atoms. The second kappa shape index (κ2) is 14.3. The summed E-state index contributed by atoms with van der Waals surface area (Å²) in [6, 6.07) is 10.2. The number of likely N-dealkylation sites (tertiary alicyclic amines) is 2. The summed E-state index contributed by atoms with van der Waals surface area (Å²) in [6.07, 6.45) is 5.63. The molecule has 3 saturated heterocycles. The Balaban J connectivity index is 0.000000579. The maximum absolute atomic E-state index is 13.5. The smallest absolute Gasteiger partial charge is 0.457 e. The summed E-state index contributed by atoms with van der Waals surface area (Å²) in [7, 11) is -0.340. The summed E-state index contributed by atoms with van der Waals surface area (Å²) >= 11 is 0. The van der Waals surface area contributed by atoms with E-state index in [1.807, 2.05) is 4.90 Å². The van der Waals surface area contributed by atoms with Crippen LogP contribution in [0.2, 0.25) is 0 Å². The van der Waals surface area contributed by atoms with Gasteiger partial charge in [0.1, 0.15) is 17.2 Å². The van der Waals surface area contributed by atoms with Crippen LogP contribution in [0, 0.1) is 0 Å². The van der Waals surface area contributed by atoms with Crippen LogP contribution in [0.1, 0.15) is 52.0 Å². The first-order chi connectivity index (χ1) is 22.3. The number of imide groups is 2. The minimum absolute atomic E-state index is 0.00189. The molecule has 4 amide bonds. The number of barbiturate groups is 1. The van der Waals surface area contributed by atoms with Gasteiger partial charge in [-0.15, -0.1) is 13.2 Å². The summed E-state index contributed by atoms with van der Waals surface area (Å²) in [6.45, 7) is 9.07. The molecule has 48 heavy (non-hydrogen) atoms. The highest BCUT2D eigenvalue weighted by Gasteiger charge is 2.59. The monoisotopic (exact) mass is 696 g/mol. The third-order valence-electron chi connectivity index (χ3n) is 9.65. The largest absolute Gasteiger partial charge is 0.573 e. The van der Waals surface area contributed by atoms with Gasteiger partial charge in [-0.25, -0.2) is 14.8 Å². The van der Waals surface area contributed by atoms with Gasteiger partial charge in [0.05, 0.1) is 6.61 Å². The van der Waals surface area contributed by atoms with Gasteiger partial charge in [0.2, 0.25) is 5.54 Å². The normalized spacial score (nSPS) is 22.4. The standard InChI is InChI=1S/C27H29F3N4O6.C7H18S/c28-27(29,30)40-21-9-7-20(8-10-21)39-19-5-3-18(4-6-19)26(22(36)31-24(38)32-23(26)37)34-14-2-12-25(17-34)11-1-13-33(25)15-16-35;1-7(2,3)8(4,5)6/h3-10,35H,1-2,11-17H2,(H2,31,32,36,37,38);1-6H3. The molecule has 3 aliphatic rings. The summed E-state index contributed by atoms with van der Waals surface area (Å²) in [5, 5.41) is 14.1. The van der Waals surface area contributed by atoms with Gasteiger partial charge in [0.25, 0.3) is 11.8 Å². The van der Waals surface area contributed by atoms with Crippen molar-refractivity contribution in [3.8, 4) is 17.2 Å². The third-order valence-corrected chi connectivity index (χ3v) is 13.3. The number of carbonyl (C=O) groups is 3. The second-order valence-corrected chi connectivity index (χ2v) is 19.0. The summed E-state index contributed by atoms with van der Waals surface area (Å²) in [4.78, 5) is 43.1. The van der Waals surface area contributed by atoms with Crippen LogP contribution >= 0.6 is 10.0 Å². The lowest BCUT2D eigenvalue weighted by atomic mass is 9.78. The van der Waals surface area contributed by atoms with Gasteiger partial charge in [0, 0.05) is 25.2 Å². The van der Waals surface area contributed by atoms with Crippen LogP contribution < -0.4 is 20.1 Å². The number of aliphatic hydroxyl groups excluding tert-OH is 1. The van der Waals surface area contributed by atoms with Gasteiger partial charge in [-0.2, -0.15) is 0 Å². The fourth-order valence-corrected chi connectivity index (χ4v) is 6.19. The van der Waals surface area contributed by atoms with Gasteiger partial charge in [-0.05, 0) is 97.7 Å². The number of rotatable bonds is 7. The first kappa shape index (κ1) is 37.5. The molecule has 2 aromatic rings. The van der Waals surface area contributed by atoms with Gasteiger partial charge < -0.3 is 14.6 Å². The van der Waals surface area contributed by atoms with Crippen molar-refractivity contribution < 1.29 is 42.1 Å². The van der Waals surface area contributed by atoms with Crippen molar-refractivity contribution in [1.82, 2.24) is 20.4 Å². The van der Waals surface area contributed by atoms with Gasteiger partial charge in [-0.1, -0.05) is 32.9 Å². The average Bonchev–Trinajstić information content (AvgIpc) is 3.34. The van der Waals surface area contributed by atoms with Gasteiger partial charge >= 0.3 is 12.4 Å². The number of urea groups is 1. The zero-order valence-corrected chi connectivity index (χ0v) is 29.2. The minimum atomic E-state index is -4.81. The number of nitrogens with one attached hydrogen (secondary N) is 2. The molecule has 3 fully saturated rings. The molecule has 3 N–H and O–H groups in total. The van der Waals surface area contributed by atoms with E-state index in [9.17, 15) is 32.7 Å². The van der Waals surface area contributed by atoms with E-state index >= 15 is 0 Å². The summed E-state index contributed by atoms with van der Waals surface area (Å²) in [5.74, 6) is -1.33. The topological polar surface area (TPSA) is 120 Å². The van der Waals surface area contributed by atoms with Crippen molar-refractivity contribution in [1.29, 1.82) is 0 Å². The van der Waals surface area contributed by atoms with Crippen LogP contribution in [0.3, 0.4) is 0 Å². The van der Waals surface area contributed by atoms with Crippen molar-refractivity contribution >= 4 is 27.9 Å². The number of carbonyl (C=O) groups excluding carboxylic acids is 3. The van der Waals surface area contributed by atoms with E-state index in [0.717, 1.165) is 37.9 Å². The molecule has 10 nitrogen and oxygen atoms in total. The van der Waals surface area contributed by atoms with Crippen molar-refractivity contribution in [3.63, 3.8) is 0 Å². The number of nitrogens with zero attached hydrogens (tertiary/aromatic N) is 2. The zero-order valence-electron chi connectivity index (χ0n) is 28.4. The maximum atomic E-state index is 13.5. The van der Waals surface area contributed by atoms with Gasteiger partial charge in [-0.3, -0.25) is 30.0 Å². The summed E-state index contributed by atoms with van der Waals surface area (Å²) < 4.78 is 47.4. The molecule has 3 heterocycles. The Hall–Kier alpha value is -3.33. The Kier molecular flexibility index (Phi) is 11.1. The maximum Gasteiger partial charge on any atom is 0.573 e. The van der Waals surface area contributed by atoms with E-state index in [1.165, 1.54) is 12.1 Å². The van der Waals surface area contributed by atoms with Crippen LogP contribution in [-0.2, 0) is 15.1 Å². The molecule has 5 rings (SSSR count). The van der Waals surface area contributed by atoms with E-state index in [1.54, 1.807) is 24.3 Å². The number of hydrogen-bond donors (Lipinski definition) is 3. The molecule has 0 radical (unpaired) electrons. The number of piperidine rings is 1. The predicted octanol–water partition coefficient (Wildman–Crippen LogP) is 5.34. The fraction of sp³-hybridized carbons (Fsp3) is 0.559. The van der Waals surface area contributed by atoms with Crippen LogP contribution in [0.4, 0.5) is 18.0 Å². The molecule has 0 aromatic heterocycles. The highest BCUT2D eigenvalue weighted by molar-refractivity contribution is 8.33. The lowest BCUT2D eigenvalue weighted by Gasteiger charge is -2.52. The number of alkyl halides is 3. The molecule has 2 aromatic carbocycles. The molecule has 0 aliphatic carbocycles. The van der Waals surface area contributed by atoms with Crippen LogP contribution in [0.15, 0.2) is 48.5 Å². The van der Waals surface area contributed by atoms with E-state index in [2.05, 4.69) is 59.8 Å². The number of amides is 4. The number of β-amino-alcohol motifs (C(OH)–C–C–N with tert-alkyl or cyclic N) is 1. The van der Waals surface area contributed by atoms with E-state index in [4.69, 9.17) is 4.74 Å². The Morgan fingerprint density at radius 2 is 1.31 bits per heavy atom. The molecule has 0 saturated carbocycles. The van der Waals surface area contributed by atoms with E-state index in [0.29, 0.717) is 42.1 Å². The van der Waals surface area contributed by atoms with Crippen LogP contribution in [0.5, 0.6) is 17.2 Å². The van der Waals surface area contributed by atoms with E-state index in [-0.39, 0.29) is 33.7 Å². The van der Waals surface area contributed by atoms with Crippen molar-refractivity contribution in [2.24, 2.45) is 0 Å². The SMILES string of the molecule is CC(C)(C)S(C)(C)C.O=C1NC(=O)C(c2ccc(Oc3ccc(OC(F)(F)F)cc3)cc2)(N2CCCC3(CCCN3CCO)C2)C(=O)N1. The number of ether oxygens (including phenoxy) is 2. The molecule has 1 spiro atoms. The molecule has 14 heteroatoms. The van der Waals surface area contributed by atoms with E-state index < -0.39 is 29.7 Å². The Bertz CT molecular complexity index is 1430. The van der Waals surface area contributed by atoms with Crippen molar-refractivity contribution in [2.75, 3.05) is 51.6 Å². The fourth-order valence-electron chi connectivity index (χ4n) is 6.19. The quantitative estimate of drug-likeness (QED) is 0.332. The number of benzene rings is 2. The Morgan fingerprint density at radius 3 is 1.79 bits per heavy atom. The van der Waals surface area contributed by atoms with Crippen molar-refractivity contribution in [2.45, 2.75) is 68.6 Å². The highest BCUT2D eigenvalue weighted by atomic mass is 32.3. The Morgan fingerprint density at radius 1 is 0.833 bits per heavy atom. The predicted molar refractivity (Wildman–Crippen MR) is 180 cm³/mol. The number of aliphatic hydroxyl groups is 1. The Labute approximate surface area is 281 Å².